The molecular weight excluding hydrogens is 399 g/mol. The van der Waals surface area contributed by atoms with Crippen LogP contribution in [-0.4, -0.2) is 10.9 Å². The van der Waals surface area contributed by atoms with Crippen LogP contribution in [0, 0.1) is 0 Å². The summed E-state index contributed by atoms with van der Waals surface area (Å²) in [5.74, 6) is 0.224. The topological polar surface area (TPSA) is 42.0 Å². The molecule has 0 aliphatic rings. The highest BCUT2D eigenvalue weighted by molar-refractivity contribution is 7.14. The lowest BCUT2D eigenvalue weighted by molar-refractivity contribution is -0.111. The second-order valence-electron chi connectivity index (χ2n) is 6.30. The lowest BCUT2D eigenvalue weighted by Crippen LogP contribution is -2.07. The van der Waals surface area contributed by atoms with Crippen LogP contribution in [0.3, 0.4) is 0 Å². The van der Waals surface area contributed by atoms with Crippen LogP contribution in [0.2, 0.25) is 10.0 Å². The van der Waals surface area contributed by atoms with Crippen molar-refractivity contribution in [2.24, 2.45) is 0 Å². The molecule has 1 aromatic heterocycles. The molecule has 1 amide bonds. The zero-order valence-electron chi connectivity index (χ0n) is 14.9. The van der Waals surface area contributed by atoms with Gasteiger partial charge in [-0.05, 0) is 35.3 Å². The highest BCUT2D eigenvalue weighted by atomic mass is 35.5. The van der Waals surface area contributed by atoms with Crippen molar-refractivity contribution in [3.05, 3.63) is 75.1 Å². The van der Waals surface area contributed by atoms with E-state index in [1.807, 2.05) is 5.38 Å². The van der Waals surface area contributed by atoms with Gasteiger partial charge in [0, 0.05) is 27.1 Å². The average molecular weight is 417 g/mol. The first-order valence-corrected chi connectivity index (χ1v) is 10.1. The summed E-state index contributed by atoms with van der Waals surface area (Å²) in [4.78, 5) is 16.6. The molecule has 138 valence electrons. The van der Waals surface area contributed by atoms with Crippen molar-refractivity contribution in [3.8, 4) is 11.3 Å². The highest BCUT2D eigenvalue weighted by Crippen LogP contribution is 2.27. The maximum absolute atomic E-state index is 12.1. The molecule has 3 aromatic rings. The van der Waals surface area contributed by atoms with Crippen LogP contribution in [0.1, 0.15) is 30.9 Å². The SMILES string of the molecule is CC(C)c1ccc(-c2csc(NC(=O)/C=C/c3ccc(Cl)cc3Cl)n2)cc1. The van der Waals surface area contributed by atoms with Gasteiger partial charge in [-0.25, -0.2) is 4.98 Å². The highest BCUT2D eigenvalue weighted by Gasteiger charge is 2.08. The summed E-state index contributed by atoms with van der Waals surface area (Å²) in [6.07, 6.45) is 3.07. The molecule has 3 nitrogen and oxygen atoms in total. The Morgan fingerprint density at radius 1 is 1.15 bits per heavy atom. The summed E-state index contributed by atoms with van der Waals surface area (Å²) in [5.41, 5.74) is 3.88. The van der Waals surface area contributed by atoms with E-state index in [-0.39, 0.29) is 5.91 Å². The average Bonchev–Trinajstić information content (AvgIpc) is 3.09. The monoisotopic (exact) mass is 416 g/mol. The molecule has 0 bridgehead atoms. The molecule has 0 radical (unpaired) electrons. The van der Waals surface area contributed by atoms with Gasteiger partial charge in [0.05, 0.1) is 5.69 Å². The molecule has 0 saturated carbocycles. The van der Waals surface area contributed by atoms with E-state index in [0.29, 0.717) is 21.1 Å². The standard InChI is InChI=1S/C21H18Cl2N2OS/c1-13(2)14-3-5-16(6-4-14)19-12-27-21(24-19)25-20(26)10-8-15-7-9-17(22)11-18(15)23/h3-13H,1-2H3,(H,24,25,26)/b10-8+. The molecule has 0 saturated heterocycles. The zero-order chi connectivity index (χ0) is 19.4. The number of nitrogens with zero attached hydrogens (tertiary/aromatic N) is 1. The van der Waals surface area contributed by atoms with E-state index in [4.69, 9.17) is 23.2 Å². The fourth-order valence-corrected chi connectivity index (χ4v) is 3.65. The van der Waals surface area contributed by atoms with Crippen LogP contribution < -0.4 is 5.32 Å². The normalized spacial score (nSPS) is 11.3. The molecule has 3 rings (SSSR count). The Morgan fingerprint density at radius 3 is 2.56 bits per heavy atom. The van der Waals surface area contributed by atoms with E-state index < -0.39 is 0 Å². The maximum Gasteiger partial charge on any atom is 0.250 e. The van der Waals surface area contributed by atoms with Gasteiger partial charge in [0.25, 0.3) is 0 Å². The number of rotatable bonds is 5. The molecular formula is C21H18Cl2N2OS. The third-order valence-electron chi connectivity index (χ3n) is 3.98. The number of hydrogen-bond acceptors (Lipinski definition) is 3. The quantitative estimate of drug-likeness (QED) is 0.459. The Kier molecular flexibility index (Phi) is 6.32. The number of anilines is 1. The van der Waals surface area contributed by atoms with E-state index >= 15 is 0 Å². The Hall–Kier alpha value is -2.14. The summed E-state index contributed by atoms with van der Waals surface area (Å²) in [5, 5.41) is 6.30. The summed E-state index contributed by atoms with van der Waals surface area (Å²) in [7, 11) is 0. The molecule has 0 aliphatic heterocycles. The number of thiazole rings is 1. The van der Waals surface area contributed by atoms with Crippen molar-refractivity contribution in [1.29, 1.82) is 0 Å². The number of hydrogen-bond donors (Lipinski definition) is 1. The van der Waals surface area contributed by atoms with Gasteiger partial charge >= 0.3 is 0 Å². The zero-order valence-corrected chi connectivity index (χ0v) is 17.2. The van der Waals surface area contributed by atoms with Gasteiger partial charge in [-0.3, -0.25) is 10.1 Å². The molecule has 2 aromatic carbocycles. The number of halogens is 2. The minimum Gasteiger partial charge on any atom is -0.298 e. The molecule has 0 aliphatic carbocycles. The number of nitrogens with one attached hydrogen (secondary N) is 1. The third-order valence-corrected chi connectivity index (χ3v) is 5.30. The largest absolute Gasteiger partial charge is 0.298 e. The minimum atomic E-state index is -0.267. The van der Waals surface area contributed by atoms with Crippen LogP contribution in [-0.2, 0) is 4.79 Å². The van der Waals surface area contributed by atoms with Gasteiger partial charge in [-0.1, -0.05) is 67.4 Å². The van der Waals surface area contributed by atoms with Gasteiger partial charge in [0.15, 0.2) is 5.13 Å². The molecule has 1 heterocycles. The second-order valence-corrected chi connectivity index (χ2v) is 8.00. The fourth-order valence-electron chi connectivity index (χ4n) is 2.45. The molecule has 0 atom stereocenters. The van der Waals surface area contributed by atoms with E-state index in [1.165, 1.54) is 23.0 Å². The van der Waals surface area contributed by atoms with Crippen molar-refractivity contribution < 1.29 is 4.79 Å². The van der Waals surface area contributed by atoms with Crippen LogP contribution in [0.5, 0.6) is 0 Å². The summed E-state index contributed by atoms with van der Waals surface area (Å²) in [6.45, 7) is 4.33. The van der Waals surface area contributed by atoms with E-state index in [1.54, 1.807) is 24.3 Å². The Bertz CT molecular complexity index is 978. The molecule has 1 N–H and O–H groups in total. The first kappa shape index (κ1) is 19.6. The molecule has 6 heteroatoms. The molecule has 0 spiro atoms. The van der Waals surface area contributed by atoms with E-state index in [2.05, 4.69) is 48.4 Å². The number of carbonyl (C=O) groups excluding carboxylic acids is 1. The maximum atomic E-state index is 12.1. The molecule has 0 unspecified atom stereocenters. The van der Waals surface area contributed by atoms with Gasteiger partial charge in [0.2, 0.25) is 5.91 Å². The first-order valence-electron chi connectivity index (χ1n) is 8.42. The van der Waals surface area contributed by atoms with Crippen molar-refractivity contribution in [1.82, 2.24) is 4.98 Å². The summed E-state index contributed by atoms with van der Waals surface area (Å²) < 4.78 is 0. The van der Waals surface area contributed by atoms with Gasteiger partial charge in [-0.2, -0.15) is 0 Å². The Balaban J connectivity index is 1.66. The van der Waals surface area contributed by atoms with Crippen LogP contribution in [0.4, 0.5) is 5.13 Å². The van der Waals surface area contributed by atoms with Crippen molar-refractivity contribution >= 4 is 51.7 Å². The third kappa shape index (κ3) is 5.19. The van der Waals surface area contributed by atoms with Gasteiger partial charge < -0.3 is 0 Å². The molecule has 27 heavy (non-hydrogen) atoms. The Morgan fingerprint density at radius 2 is 1.89 bits per heavy atom. The summed E-state index contributed by atoms with van der Waals surface area (Å²) in [6, 6.07) is 13.4. The van der Waals surface area contributed by atoms with Crippen molar-refractivity contribution in [2.45, 2.75) is 19.8 Å². The van der Waals surface area contributed by atoms with Crippen molar-refractivity contribution in [3.63, 3.8) is 0 Å². The molecule has 0 fully saturated rings. The fraction of sp³-hybridized carbons (Fsp3) is 0.143. The minimum absolute atomic E-state index is 0.267. The lowest BCUT2D eigenvalue weighted by atomic mass is 10.0. The summed E-state index contributed by atoms with van der Waals surface area (Å²) >= 11 is 13.4. The number of carbonyl (C=O) groups is 1. The van der Waals surface area contributed by atoms with Gasteiger partial charge in [0.1, 0.15) is 0 Å². The first-order chi connectivity index (χ1) is 12.9. The lowest BCUT2D eigenvalue weighted by Gasteiger charge is -2.05. The predicted molar refractivity (Wildman–Crippen MR) is 116 cm³/mol. The predicted octanol–water partition coefficient (Wildman–Crippen LogP) is 6.89. The second kappa shape index (κ2) is 8.70. The van der Waals surface area contributed by atoms with Crippen LogP contribution >= 0.6 is 34.5 Å². The van der Waals surface area contributed by atoms with E-state index in [0.717, 1.165) is 16.8 Å². The number of amides is 1. The van der Waals surface area contributed by atoms with Crippen LogP contribution in [0.15, 0.2) is 53.9 Å². The number of benzene rings is 2. The Labute approximate surface area is 172 Å². The van der Waals surface area contributed by atoms with Crippen LogP contribution in [0.25, 0.3) is 17.3 Å². The van der Waals surface area contributed by atoms with Gasteiger partial charge in [-0.15, -0.1) is 11.3 Å². The van der Waals surface area contributed by atoms with E-state index in [9.17, 15) is 4.79 Å². The number of aromatic nitrogens is 1. The smallest absolute Gasteiger partial charge is 0.250 e. The van der Waals surface area contributed by atoms with Crippen molar-refractivity contribution in [2.75, 3.05) is 5.32 Å².